The quantitative estimate of drug-likeness (QED) is 0.810. The Hall–Kier alpha value is -1.62. The number of carbonyl (C=O) groups is 1. The van der Waals surface area contributed by atoms with Gasteiger partial charge < -0.3 is 4.74 Å². The van der Waals surface area contributed by atoms with Crippen LogP contribution in [0, 0.1) is 0 Å². The molecule has 100 valence electrons. The summed E-state index contributed by atoms with van der Waals surface area (Å²) in [6, 6.07) is 10.0. The van der Waals surface area contributed by atoms with Crippen molar-refractivity contribution in [2.75, 3.05) is 6.61 Å². The topological polar surface area (TPSA) is 44.1 Å². The second-order valence-electron chi connectivity index (χ2n) is 4.10. The number of ether oxygens (including phenoxy) is 1. The molecular weight excluding hydrogens is 308 g/mol. The molecule has 2 rings (SSSR count). The molecule has 0 aliphatic heterocycles. The molecule has 1 aromatic carbocycles. The molecule has 1 atom stereocenters. The van der Waals surface area contributed by atoms with Gasteiger partial charge in [-0.1, -0.05) is 30.3 Å². The second kappa shape index (κ2) is 6.02. The summed E-state index contributed by atoms with van der Waals surface area (Å²) in [6.07, 6.45) is 1.53. The first kappa shape index (κ1) is 13.8. The monoisotopic (exact) mass is 322 g/mol. The minimum Gasteiger partial charge on any atom is -0.462 e. The van der Waals surface area contributed by atoms with Gasteiger partial charge in [0.05, 0.1) is 18.8 Å². The van der Waals surface area contributed by atoms with Crippen LogP contribution < -0.4 is 0 Å². The average Bonchev–Trinajstić information content (AvgIpc) is 2.81. The summed E-state index contributed by atoms with van der Waals surface area (Å²) in [5.74, 6) is -0.360. The van der Waals surface area contributed by atoms with Gasteiger partial charge in [0.2, 0.25) is 0 Å². The number of hydrogen-bond acceptors (Lipinski definition) is 3. The van der Waals surface area contributed by atoms with Gasteiger partial charge in [0, 0.05) is 0 Å². The molecule has 19 heavy (non-hydrogen) atoms. The molecule has 0 N–H and O–H groups in total. The molecule has 1 unspecified atom stereocenters. The van der Waals surface area contributed by atoms with Crippen LogP contribution in [-0.2, 0) is 4.74 Å². The van der Waals surface area contributed by atoms with E-state index in [-0.39, 0.29) is 12.0 Å². The fourth-order valence-corrected chi connectivity index (χ4v) is 2.50. The van der Waals surface area contributed by atoms with Crippen LogP contribution >= 0.6 is 15.9 Å². The Kier molecular flexibility index (Phi) is 4.37. The third kappa shape index (κ3) is 2.87. The van der Waals surface area contributed by atoms with Crippen LogP contribution in [-0.4, -0.2) is 22.4 Å². The third-order valence-corrected chi connectivity index (χ3v) is 3.67. The van der Waals surface area contributed by atoms with Crippen LogP contribution in [0.25, 0.3) is 0 Å². The highest BCUT2D eigenvalue weighted by Crippen LogP contribution is 2.25. The van der Waals surface area contributed by atoms with E-state index in [1.807, 2.05) is 37.3 Å². The lowest BCUT2D eigenvalue weighted by Gasteiger charge is -2.14. The maximum Gasteiger partial charge on any atom is 0.342 e. The number of halogens is 1. The third-order valence-electron chi connectivity index (χ3n) is 2.88. The first-order chi connectivity index (χ1) is 9.15. The van der Waals surface area contributed by atoms with Crippen LogP contribution in [0.1, 0.15) is 35.8 Å². The molecule has 0 aliphatic rings. The van der Waals surface area contributed by atoms with Gasteiger partial charge in [-0.25, -0.2) is 4.79 Å². The predicted molar refractivity (Wildman–Crippen MR) is 76.1 cm³/mol. The standard InChI is InChI=1S/C14H15BrN2O2/c1-3-19-14(18)12-9-16-17(13(12)15)10(2)11-7-5-4-6-8-11/h4-10H,3H2,1-2H3. The Morgan fingerprint density at radius 3 is 2.74 bits per heavy atom. The van der Waals surface area contributed by atoms with Crippen molar-refractivity contribution >= 4 is 21.9 Å². The van der Waals surface area contributed by atoms with Crippen molar-refractivity contribution in [3.8, 4) is 0 Å². The molecule has 0 fully saturated rings. The van der Waals surface area contributed by atoms with Gasteiger partial charge in [0.1, 0.15) is 10.2 Å². The molecule has 0 saturated heterocycles. The summed E-state index contributed by atoms with van der Waals surface area (Å²) in [6.45, 7) is 4.16. The SMILES string of the molecule is CCOC(=O)c1cnn(C(C)c2ccccc2)c1Br. The maximum atomic E-state index is 11.7. The summed E-state index contributed by atoms with van der Waals surface area (Å²) in [5, 5.41) is 4.26. The minimum absolute atomic E-state index is 0.0405. The Balaban J connectivity index is 2.29. The van der Waals surface area contributed by atoms with E-state index in [9.17, 15) is 4.79 Å². The van der Waals surface area contributed by atoms with Gasteiger partial charge in [-0.15, -0.1) is 0 Å². The Morgan fingerprint density at radius 1 is 1.42 bits per heavy atom. The average molecular weight is 323 g/mol. The van der Waals surface area contributed by atoms with Crippen LogP contribution in [0.4, 0.5) is 0 Å². The van der Waals surface area contributed by atoms with E-state index in [0.29, 0.717) is 16.8 Å². The van der Waals surface area contributed by atoms with Crippen LogP contribution in [0.15, 0.2) is 41.1 Å². The van der Waals surface area contributed by atoms with E-state index in [0.717, 1.165) is 5.56 Å². The molecule has 5 heteroatoms. The molecule has 1 heterocycles. The van der Waals surface area contributed by atoms with Gasteiger partial charge in [-0.05, 0) is 35.3 Å². The number of hydrogen-bond donors (Lipinski definition) is 0. The summed E-state index contributed by atoms with van der Waals surface area (Å²) >= 11 is 3.42. The van der Waals surface area contributed by atoms with Crippen molar-refractivity contribution < 1.29 is 9.53 Å². The van der Waals surface area contributed by atoms with Crippen molar-refractivity contribution in [3.05, 3.63) is 52.3 Å². The van der Waals surface area contributed by atoms with Crippen molar-refractivity contribution in [3.63, 3.8) is 0 Å². The number of esters is 1. The zero-order valence-electron chi connectivity index (χ0n) is 10.8. The molecule has 0 bridgehead atoms. The molecule has 4 nitrogen and oxygen atoms in total. The van der Waals surface area contributed by atoms with Crippen LogP contribution in [0.5, 0.6) is 0 Å². The van der Waals surface area contributed by atoms with Gasteiger partial charge in [0.15, 0.2) is 0 Å². The molecule has 2 aromatic rings. The van der Waals surface area contributed by atoms with E-state index in [1.54, 1.807) is 11.6 Å². The lowest BCUT2D eigenvalue weighted by molar-refractivity contribution is 0.0525. The second-order valence-corrected chi connectivity index (χ2v) is 4.85. The molecule has 0 saturated carbocycles. The first-order valence-electron chi connectivity index (χ1n) is 6.10. The molecule has 0 amide bonds. The molecule has 0 aliphatic carbocycles. The summed E-state index contributed by atoms with van der Waals surface area (Å²) in [5.41, 5.74) is 1.58. The Morgan fingerprint density at radius 2 is 2.11 bits per heavy atom. The van der Waals surface area contributed by atoms with Crippen LogP contribution in [0.2, 0.25) is 0 Å². The number of aromatic nitrogens is 2. The number of rotatable bonds is 4. The van der Waals surface area contributed by atoms with E-state index in [1.165, 1.54) is 6.20 Å². The Bertz CT molecular complexity index is 566. The van der Waals surface area contributed by atoms with E-state index in [4.69, 9.17) is 4.74 Å². The zero-order chi connectivity index (χ0) is 13.8. The zero-order valence-corrected chi connectivity index (χ0v) is 12.4. The van der Waals surface area contributed by atoms with E-state index in [2.05, 4.69) is 21.0 Å². The summed E-state index contributed by atoms with van der Waals surface area (Å²) < 4.78 is 7.39. The molecule has 1 aromatic heterocycles. The minimum atomic E-state index is -0.360. The fraction of sp³-hybridized carbons (Fsp3) is 0.286. The molecule has 0 spiro atoms. The highest BCUT2D eigenvalue weighted by atomic mass is 79.9. The molecular formula is C14H15BrN2O2. The van der Waals surface area contributed by atoms with Crippen molar-refractivity contribution in [2.24, 2.45) is 0 Å². The highest BCUT2D eigenvalue weighted by Gasteiger charge is 2.19. The number of carbonyl (C=O) groups excluding carboxylic acids is 1. The lowest BCUT2D eigenvalue weighted by Crippen LogP contribution is -2.10. The summed E-state index contributed by atoms with van der Waals surface area (Å²) in [4.78, 5) is 11.7. The fourth-order valence-electron chi connectivity index (χ4n) is 1.84. The van der Waals surface area contributed by atoms with Gasteiger partial charge >= 0.3 is 5.97 Å². The number of nitrogens with zero attached hydrogens (tertiary/aromatic N) is 2. The largest absolute Gasteiger partial charge is 0.462 e. The first-order valence-corrected chi connectivity index (χ1v) is 6.89. The van der Waals surface area contributed by atoms with Crippen molar-refractivity contribution in [1.82, 2.24) is 9.78 Å². The van der Waals surface area contributed by atoms with Crippen molar-refractivity contribution in [1.29, 1.82) is 0 Å². The van der Waals surface area contributed by atoms with Gasteiger partial charge in [0.25, 0.3) is 0 Å². The van der Waals surface area contributed by atoms with Gasteiger partial charge in [-0.3, -0.25) is 4.68 Å². The smallest absolute Gasteiger partial charge is 0.342 e. The molecule has 0 radical (unpaired) electrons. The Labute approximate surface area is 120 Å². The lowest BCUT2D eigenvalue weighted by atomic mass is 10.1. The number of benzene rings is 1. The van der Waals surface area contributed by atoms with Crippen LogP contribution in [0.3, 0.4) is 0 Å². The van der Waals surface area contributed by atoms with E-state index < -0.39 is 0 Å². The van der Waals surface area contributed by atoms with Crippen molar-refractivity contribution in [2.45, 2.75) is 19.9 Å². The maximum absolute atomic E-state index is 11.7. The predicted octanol–water partition coefficient (Wildman–Crippen LogP) is 3.43. The normalized spacial score (nSPS) is 12.2. The summed E-state index contributed by atoms with van der Waals surface area (Å²) in [7, 11) is 0. The van der Waals surface area contributed by atoms with Gasteiger partial charge in [-0.2, -0.15) is 5.10 Å². The highest BCUT2D eigenvalue weighted by molar-refractivity contribution is 9.10. The van der Waals surface area contributed by atoms with E-state index >= 15 is 0 Å².